The molecule has 0 bridgehead atoms. The maximum atomic E-state index is 12.7. The zero-order valence-corrected chi connectivity index (χ0v) is 23.1. The van der Waals surface area contributed by atoms with Crippen molar-refractivity contribution in [2.45, 2.75) is 32.1 Å². The van der Waals surface area contributed by atoms with Crippen molar-refractivity contribution in [3.05, 3.63) is 64.8 Å². The van der Waals surface area contributed by atoms with Crippen molar-refractivity contribution in [2.24, 2.45) is 0 Å². The van der Waals surface area contributed by atoms with Gasteiger partial charge in [-0.25, -0.2) is 4.98 Å². The molecule has 0 radical (unpaired) electrons. The molecule has 0 atom stereocenters. The summed E-state index contributed by atoms with van der Waals surface area (Å²) in [6.07, 6.45) is 0. The number of rotatable bonds is 11. The molecule has 0 aliphatic heterocycles. The van der Waals surface area contributed by atoms with Crippen LogP contribution in [0.1, 0.15) is 28.7 Å². The molecule has 4 aromatic rings. The first-order valence-corrected chi connectivity index (χ1v) is 13.7. The van der Waals surface area contributed by atoms with E-state index < -0.39 is 0 Å². The number of hydrogen-bond donors (Lipinski definition) is 2. The van der Waals surface area contributed by atoms with E-state index in [9.17, 15) is 9.59 Å². The number of anilines is 1. The van der Waals surface area contributed by atoms with Crippen LogP contribution < -0.4 is 20.1 Å². The molecule has 10 nitrogen and oxygen atoms in total. The summed E-state index contributed by atoms with van der Waals surface area (Å²) in [6, 6.07) is 13.0. The maximum Gasteiger partial charge on any atom is 0.251 e. The summed E-state index contributed by atoms with van der Waals surface area (Å²) in [5, 5.41) is 17.2. The second-order valence-electron chi connectivity index (χ2n) is 8.14. The number of aromatic nitrogens is 4. The van der Waals surface area contributed by atoms with Gasteiger partial charge in [-0.05, 0) is 32.0 Å². The predicted octanol–water partition coefficient (Wildman–Crippen LogP) is 4.41. The Bertz CT molecular complexity index is 1420. The molecule has 0 fully saturated rings. The second-order valence-corrected chi connectivity index (χ2v) is 9.94. The first kappa shape index (κ1) is 27.1. The Morgan fingerprint density at radius 3 is 2.53 bits per heavy atom. The van der Waals surface area contributed by atoms with E-state index in [4.69, 9.17) is 9.47 Å². The van der Waals surface area contributed by atoms with E-state index in [1.54, 1.807) is 18.2 Å². The predicted molar refractivity (Wildman–Crippen MR) is 148 cm³/mol. The normalized spacial score (nSPS) is 10.7. The van der Waals surface area contributed by atoms with Gasteiger partial charge >= 0.3 is 0 Å². The molecule has 0 aliphatic rings. The first-order valence-electron chi connectivity index (χ1n) is 11.8. The Labute approximate surface area is 228 Å². The standard InChI is InChI=1S/C26H28N6O4S2/c1-5-32-22(13-27-24(34)18-10-11-20(35-3)21(12-18)36-4)30-31-26(32)38-15-23(33)29-25-28-19(14-37-25)17-8-6-16(2)7-9-17/h6-12,14H,5,13,15H2,1-4H3,(H,27,34)(H,28,29,33). The van der Waals surface area contributed by atoms with Gasteiger partial charge in [-0.1, -0.05) is 41.6 Å². The van der Waals surface area contributed by atoms with E-state index >= 15 is 0 Å². The lowest BCUT2D eigenvalue weighted by Crippen LogP contribution is -2.25. The number of carbonyl (C=O) groups excluding carboxylic acids is 2. The number of ether oxygens (including phenoxy) is 2. The Kier molecular flexibility index (Phi) is 8.98. The quantitative estimate of drug-likeness (QED) is 0.263. The molecule has 0 saturated heterocycles. The number of thioether (sulfide) groups is 1. The molecule has 0 saturated carbocycles. The molecule has 0 aliphatic carbocycles. The van der Waals surface area contributed by atoms with Crippen LogP contribution in [-0.4, -0.2) is 51.5 Å². The number of amides is 2. The van der Waals surface area contributed by atoms with Crippen LogP contribution in [0.25, 0.3) is 11.3 Å². The lowest BCUT2D eigenvalue weighted by atomic mass is 10.1. The molecule has 2 aromatic heterocycles. The number of aryl methyl sites for hydroxylation is 1. The monoisotopic (exact) mass is 552 g/mol. The number of nitrogens with one attached hydrogen (secondary N) is 2. The lowest BCUT2D eigenvalue weighted by molar-refractivity contribution is -0.113. The van der Waals surface area contributed by atoms with Crippen molar-refractivity contribution < 1.29 is 19.1 Å². The fourth-order valence-electron chi connectivity index (χ4n) is 3.59. The van der Waals surface area contributed by atoms with E-state index in [1.165, 1.54) is 42.9 Å². The van der Waals surface area contributed by atoms with Crippen molar-refractivity contribution in [2.75, 3.05) is 25.3 Å². The van der Waals surface area contributed by atoms with E-state index in [0.29, 0.717) is 39.7 Å². The highest BCUT2D eigenvalue weighted by Gasteiger charge is 2.16. The van der Waals surface area contributed by atoms with Gasteiger partial charge in [-0.15, -0.1) is 21.5 Å². The van der Waals surface area contributed by atoms with Crippen LogP contribution >= 0.6 is 23.1 Å². The highest BCUT2D eigenvalue weighted by atomic mass is 32.2. The molecular weight excluding hydrogens is 524 g/mol. The lowest BCUT2D eigenvalue weighted by Gasteiger charge is -2.11. The third-order valence-electron chi connectivity index (χ3n) is 5.59. The fraction of sp³-hybridized carbons (Fsp3) is 0.269. The number of thiazole rings is 1. The number of nitrogens with zero attached hydrogens (tertiary/aromatic N) is 4. The average Bonchev–Trinajstić information content (AvgIpc) is 3.56. The van der Waals surface area contributed by atoms with Crippen molar-refractivity contribution in [1.82, 2.24) is 25.1 Å². The zero-order valence-electron chi connectivity index (χ0n) is 21.5. The van der Waals surface area contributed by atoms with Gasteiger partial charge in [0.1, 0.15) is 0 Å². The summed E-state index contributed by atoms with van der Waals surface area (Å²) >= 11 is 2.66. The molecule has 2 N–H and O–H groups in total. The Morgan fingerprint density at radius 2 is 1.82 bits per heavy atom. The fourth-order valence-corrected chi connectivity index (χ4v) is 5.14. The van der Waals surface area contributed by atoms with Crippen molar-refractivity contribution in [3.63, 3.8) is 0 Å². The summed E-state index contributed by atoms with van der Waals surface area (Å²) in [6.45, 7) is 4.76. The largest absolute Gasteiger partial charge is 0.493 e. The molecule has 2 amide bonds. The third kappa shape index (κ3) is 6.50. The molecule has 4 rings (SSSR count). The topological polar surface area (TPSA) is 120 Å². The molecule has 0 spiro atoms. The van der Waals surface area contributed by atoms with Crippen molar-refractivity contribution >= 4 is 40.0 Å². The maximum absolute atomic E-state index is 12.7. The molecule has 2 heterocycles. The molecule has 38 heavy (non-hydrogen) atoms. The van der Waals surface area contributed by atoms with Gasteiger partial charge in [0.05, 0.1) is 32.2 Å². The van der Waals surface area contributed by atoms with Crippen LogP contribution in [0.3, 0.4) is 0 Å². The third-order valence-corrected chi connectivity index (χ3v) is 7.32. The Balaban J connectivity index is 1.32. The van der Waals surface area contributed by atoms with E-state index in [-0.39, 0.29) is 24.1 Å². The van der Waals surface area contributed by atoms with Crippen molar-refractivity contribution in [3.8, 4) is 22.8 Å². The Morgan fingerprint density at radius 1 is 1.05 bits per heavy atom. The minimum Gasteiger partial charge on any atom is -0.493 e. The van der Waals surface area contributed by atoms with Crippen LogP contribution in [0.2, 0.25) is 0 Å². The SMILES string of the molecule is CCn1c(CNC(=O)c2ccc(OC)c(OC)c2)nnc1SCC(=O)Nc1nc(-c2ccc(C)cc2)cs1. The van der Waals surface area contributed by atoms with Gasteiger partial charge < -0.3 is 24.7 Å². The number of carbonyl (C=O) groups is 2. The van der Waals surface area contributed by atoms with Crippen LogP contribution in [0.15, 0.2) is 53.0 Å². The van der Waals surface area contributed by atoms with E-state index in [0.717, 1.165) is 11.3 Å². The van der Waals surface area contributed by atoms with E-state index in [1.807, 2.05) is 48.1 Å². The van der Waals surface area contributed by atoms with Gasteiger partial charge in [0, 0.05) is 23.1 Å². The molecule has 12 heteroatoms. The number of benzene rings is 2. The van der Waals surface area contributed by atoms with E-state index in [2.05, 4.69) is 25.8 Å². The van der Waals surface area contributed by atoms with Gasteiger partial charge in [0.2, 0.25) is 5.91 Å². The first-order chi connectivity index (χ1) is 18.4. The minimum atomic E-state index is -0.279. The van der Waals surface area contributed by atoms with Crippen LogP contribution in [0, 0.1) is 6.92 Å². The van der Waals surface area contributed by atoms with Gasteiger partial charge in [0.15, 0.2) is 27.6 Å². The summed E-state index contributed by atoms with van der Waals surface area (Å²) in [5.41, 5.74) is 3.44. The Hall–Kier alpha value is -3.90. The van der Waals surface area contributed by atoms with Crippen LogP contribution in [-0.2, 0) is 17.9 Å². The number of hydrogen-bond acceptors (Lipinski definition) is 9. The summed E-state index contributed by atoms with van der Waals surface area (Å²) < 4.78 is 12.4. The summed E-state index contributed by atoms with van der Waals surface area (Å²) in [7, 11) is 3.05. The molecule has 0 unspecified atom stereocenters. The summed E-state index contributed by atoms with van der Waals surface area (Å²) in [5.74, 6) is 1.29. The second kappa shape index (κ2) is 12.6. The summed E-state index contributed by atoms with van der Waals surface area (Å²) in [4.78, 5) is 29.7. The highest BCUT2D eigenvalue weighted by Crippen LogP contribution is 2.28. The van der Waals surface area contributed by atoms with Gasteiger partial charge in [0.25, 0.3) is 5.91 Å². The van der Waals surface area contributed by atoms with Crippen molar-refractivity contribution in [1.29, 1.82) is 0 Å². The van der Waals surface area contributed by atoms with Gasteiger partial charge in [-0.3, -0.25) is 9.59 Å². The molecule has 198 valence electrons. The van der Waals surface area contributed by atoms with Crippen LogP contribution in [0.5, 0.6) is 11.5 Å². The van der Waals surface area contributed by atoms with Crippen LogP contribution in [0.4, 0.5) is 5.13 Å². The molecular formula is C26H28N6O4S2. The number of methoxy groups -OCH3 is 2. The average molecular weight is 553 g/mol. The van der Waals surface area contributed by atoms with Gasteiger partial charge in [-0.2, -0.15) is 0 Å². The molecule has 2 aromatic carbocycles. The highest BCUT2D eigenvalue weighted by molar-refractivity contribution is 7.99. The minimum absolute atomic E-state index is 0.148. The zero-order chi connectivity index (χ0) is 27.1. The smallest absolute Gasteiger partial charge is 0.251 e.